The molecule has 0 spiro atoms. The van der Waals surface area contributed by atoms with Gasteiger partial charge in [0, 0.05) is 12.1 Å². The van der Waals surface area contributed by atoms with Crippen molar-refractivity contribution in [1.29, 1.82) is 0 Å². The van der Waals surface area contributed by atoms with Gasteiger partial charge in [0.05, 0.1) is 6.26 Å². The Morgan fingerprint density at radius 1 is 1.15 bits per heavy atom. The highest BCUT2D eigenvalue weighted by atomic mass is 16.5. The molecule has 4 aromatic rings. The van der Waals surface area contributed by atoms with Crippen LogP contribution in [-0.4, -0.2) is 44.7 Å². The predicted molar refractivity (Wildman–Crippen MR) is 113 cm³/mol. The molecule has 0 N–H and O–H groups in total. The maximum atomic E-state index is 12.7. The molecule has 1 saturated heterocycles. The molecule has 0 saturated carbocycles. The summed E-state index contributed by atoms with van der Waals surface area (Å²) in [6.45, 7) is 2.00. The summed E-state index contributed by atoms with van der Waals surface area (Å²) in [6.07, 6.45) is 2.64. The highest BCUT2D eigenvalue weighted by Gasteiger charge is 2.37. The minimum absolute atomic E-state index is 0.125. The zero-order valence-electron chi connectivity index (χ0n) is 17.8. The van der Waals surface area contributed by atoms with E-state index in [0.717, 1.165) is 5.56 Å². The third-order valence-electron chi connectivity index (χ3n) is 5.45. The van der Waals surface area contributed by atoms with E-state index in [1.807, 2.05) is 30.3 Å². The number of esters is 1. The first-order valence-corrected chi connectivity index (χ1v) is 10.5. The first-order valence-electron chi connectivity index (χ1n) is 10.5. The molecule has 0 bridgehead atoms. The van der Waals surface area contributed by atoms with Crippen LogP contribution >= 0.6 is 0 Å². The van der Waals surface area contributed by atoms with Crippen LogP contribution in [0.15, 0.2) is 62.1 Å². The van der Waals surface area contributed by atoms with Gasteiger partial charge in [-0.15, -0.1) is 10.2 Å². The summed E-state index contributed by atoms with van der Waals surface area (Å²) in [7, 11) is 0. The minimum atomic E-state index is -0.685. The number of likely N-dealkylation sites (tertiary alicyclic amines) is 1. The molecular weight excluding hydrogens is 428 g/mol. The van der Waals surface area contributed by atoms with Crippen LogP contribution in [0.25, 0.3) is 22.7 Å². The number of ether oxygens (including phenoxy) is 1. The van der Waals surface area contributed by atoms with Gasteiger partial charge in [0.2, 0.25) is 0 Å². The van der Waals surface area contributed by atoms with Crippen molar-refractivity contribution < 1.29 is 27.7 Å². The van der Waals surface area contributed by atoms with Crippen LogP contribution in [0.1, 0.15) is 35.0 Å². The van der Waals surface area contributed by atoms with Crippen molar-refractivity contribution >= 4 is 11.9 Å². The molecule has 33 heavy (non-hydrogen) atoms. The van der Waals surface area contributed by atoms with Crippen LogP contribution in [0.3, 0.4) is 0 Å². The van der Waals surface area contributed by atoms with E-state index in [9.17, 15) is 9.59 Å². The molecule has 1 fully saturated rings. The number of aryl methyl sites for hydroxylation is 1. The van der Waals surface area contributed by atoms with Gasteiger partial charge >= 0.3 is 5.97 Å². The third kappa shape index (κ3) is 4.02. The largest absolute Gasteiger partial charge is 0.459 e. The van der Waals surface area contributed by atoms with E-state index in [1.165, 1.54) is 11.2 Å². The molecule has 3 aromatic heterocycles. The lowest BCUT2D eigenvalue weighted by Crippen LogP contribution is -2.41. The summed E-state index contributed by atoms with van der Waals surface area (Å²) in [4.78, 5) is 26.7. The van der Waals surface area contributed by atoms with Gasteiger partial charge < -0.3 is 23.0 Å². The van der Waals surface area contributed by atoms with Crippen LogP contribution in [-0.2, 0) is 16.1 Å². The summed E-state index contributed by atoms with van der Waals surface area (Å²) < 4.78 is 21.6. The van der Waals surface area contributed by atoms with Crippen molar-refractivity contribution in [3.05, 3.63) is 66.1 Å². The first kappa shape index (κ1) is 20.7. The van der Waals surface area contributed by atoms with Gasteiger partial charge in [-0.05, 0) is 31.9 Å². The van der Waals surface area contributed by atoms with Crippen molar-refractivity contribution in [2.24, 2.45) is 0 Å². The first-order chi connectivity index (χ1) is 16.1. The van der Waals surface area contributed by atoms with Crippen LogP contribution in [0.4, 0.5) is 0 Å². The Bertz CT molecular complexity index is 1260. The number of hydrogen-bond acceptors (Lipinski definition) is 9. The van der Waals surface area contributed by atoms with Gasteiger partial charge in [-0.3, -0.25) is 4.79 Å². The standard InChI is InChI=1S/C23H20N4O6/c1-14-19(20(26-33-14)15-7-3-2-4-8-15)21-25-24-18(32-21)13-31-23(29)16-9-5-11-27(16)22(28)17-10-6-12-30-17/h2-4,6-8,10,12,16H,5,9,11,13H2,1H3. The Morgan fingerprint density at radius 3 is 2.79 bits per heavy atom. The second-order valence-electron chi connectivity index (χ2n) is 7.57. The molecule has 1 unspecified atom stereocenters. The minimum Gasteiger partial charge on any atom is -0.459 e. The van der Waals surface area contributed by atoms with Gasteiger partial charge in [0.15, 0.2) is 12.4 Å². The van der Waals surface area contributed by atoms with Gasteiger partial charge in [-0.1, -0.05) is 35.5 Å². The maximum Gasteiger partial charge on any atom is 0.329 e. The molecule has 10 nitrogen and oxygen atoms in total. The molecule has 4 heterocycles. The van der Waals surface area contributed by atoms with E-state index in [0.29, 0.717) is 36.4 Å². The fourth-order valence-corrected chi connectivity index (χ4v) is 3.86. The molecule has 168 valence electrons. The molecule has 1 atom stereocenters. The maximum absolute atomic E-state index is 12.7. The fourth-order valence-electron chi connectivity index (χ4n) is 3.86. The normalized spacial score (nSPS) is 15.7. The lowest BCUT2D eigenvalue weighted by atomic mass is 10.1. The van der Waals surface area contributed by atoms with E-state index >= 15 is 0 Å². The molecule has 0 aliphatic carbocycles. The lowest BCUT2D eigenvalue weighted by molar-refractivity contribution is -0.150. The lowest BCUT2D eigenvalue weighted by Gasteiger charge is -2.21. The van der Waals surface area contributed by atoms with E-state index in [-0.39, 0.29) is 30.1 Å². The van der Waals surface area contributed by atoms with Crippen molar-refractivity contribution in [3.63, 3.8) is 0 Å². The fraction of sp³-hybridized carbons (Fsp3) is 0.261. The van der Waals surface area contributed by atoms with Gasteiger partial charge in [-0.25, -0.2) is 4.79 Å². The highest BCUT2D eigenvalue weighted by molar-refractivity contribution is 5.95. The van der Waals surface area contributed by atoms with E-state index in [1.54, 1.807) is 19.1 Å². The van der Waals surface area contributed by atoms with Crippen molar-refractivity contribution in [2.75, 3.05) is 6.54 Å². The van der Waals surface area contributed by atoms with E-state index in [4.69, 9.17) is 18.1 Å². The Morgan fingerprint density at radius 2 is 2.00 bits per heavy atom. The summed E-state index contributed by atoms with van der Waals surface area (Å²) >= 11 is 0. The second kappa shape index (κ2) is 8.73. The zero-order valence-corrected chi connectivity index (χ0v) is 17.8. The third-order valence-corrected chi connectivity index (χ3v) is 5.45. The molecule has 1 aliphatic heterocycles. The van der Waals surface area contributed by atoms with Crippen molar-refractivity contribution in [3.8, 4) is 22.7 Å². The van der Waals surface area contributed by atoms with Crippen LogP contribution in [0, 0.1) is 6.92 Å². The van der Waals surface area contributed by atoms with Crippen LogP contribution < -0.4 is 0 Å². The van der Waals surface area contributed by atoms with Gasteiger partial charge in [-0.2, -0.15) is 0 Å². The zero-order chi connectivity index (χ0) is 22.8. The van der Waals surface area contributed by atoms with E-state index in [2.05, 4.69) is 15.4 Å². The number of amides is 1. The Kier molecular flexibility index (Phi) is 5.47. The van der Waals surface area contributed by atoms with Gasteiger partial charge in [0.1, 0.15) is 23.1 Å². The number of carbonyl (C=O) groups excluding carboxylic acids is 2. The second-order valence-corrected chi connectivity index (χ2v) is 7.57. The van der Waals surface area contributed by atoms with Crippen LogP contribution in [0.5, 0.6) is 0 Å². The van der Waals surface area contributed by atoms with Crippen molar-refractivity contribution in [2.45, 2.75) is 32.4 Å². The monoisotopic (exact) mass is 448 g/mol. The average molecular weight is 448 g/mol. The number of furan rings is 1. The predicted octanol–water partition coefficient (Wildman–Crippen LogP) is 3.64. The number of benzene rings is 1. The summed E-state index contributed by atoms with van der Waals surface area (Å²) in [5, 5.41) is 12.2. The highest BCUT2D eigenvalue weighted by Crippen LogP contribution is 2.33. The Hall–Kier alpha value is -4.21. The number of rotatable bonds is 6. The smallest absolute Gasteiger partial charge is 0.329 e. The Balaban J connectivity index is 1.27. The number of carbonyl (C=O) groups is 2. The topological polar surface area (TPSA) is 125 Å². The van der Waals surface area contributed by atoms with Crippen molar-refractivity contribution in [1.82, 2.24) is 20.3 Å². The molecule has 0 radical (unpaired) electrons. The molecule has 10 heteroatoms. The number of aromatic nitrogens is 3. The molecular formula is C23H20N4O6. The summed E-state index contributed by atoms with van der Waals surface area (Å²) in [6, 6.07) is 12.0. The Labute approximate surface area is 188 Å². The molecule has 1 aliphatic rings. The molecule has 1 amide bonds. The molecule has 1 aromatic carbocycles. The summed E-state index contributed by atoms with van der Waals surface area (Å²) in [5.74, 6) is 0.192. The van der Waals surface area contributed by atoms with Gasteiger partial charge in [0.25, 0.3) is 17.7 Å². The quantitative estimate of drug-likeness (QED) is 0.406. The number of nitrogens with zero attached hydrogens (tertiary/aromatic N) is 4. The van der Waals surface area contributed by atoms with E-state index < -0.39 is 12.0 Å². The number of hydrogen-bond donors (Lipinski definition) is 0. The molecule has 5 rings (SSSR count). The van der Waals surface area contributed by atoms with Crippen LogP contribution in [0.2, 0.25) is 0 Å². The average Bonchev–Trinajstić information content (AvgIpc) is 3.64. The SMILES string of the molecule is Cc1onc(-c2ccccc2)c1-c1nnc(COC(=O)C2CCCN2C(=O)c2ccco2)o1. The summed E-state index contributed by atoms with van der Waals surface area (Å²) in [5.41, 5.74) is 2.01.